The molecule has 0 unspecified atom stereocenters. The van der Waals surface area contributed by atoms with E-state index in [1.54, 1.807) is 6.92 Å². The molecule has 1 aromatic rings. The Labute approximate surface area is 91.6 Å². The molecule has 0 bridgehead atoms. The predicted molar refractivity (Wildman–Crippen MR) is 54.9 cm³/mol. The highest BCUT2D eigenvalue weighted by atomic mass is 19.1. The lowest BCUT2D eigenvalue weighted by atomic mass is 10.2. The van der Waals surface area contributed by atoms with Gasteiger partial charge in [0.25, 0.3) is 0 Å². The van der Waals surface area contributed by atoms with E-state index in [1.807, 2.05) is 5.48 Å². The van der Waals surface area contributed by atoms with Crippen molar-refractivity contribution in [3.8, 4) is 0 Å². The van der Waals surface area contributed by atoms with Gasteiger partial charge in [0.05, 0.1) is 12.3 Å². The molecule has 16 heavy (non-hydrogen) atoms. The number of rotatable bonds is 3. The second kappa shape index (κ2) is 5.41. The highest BCUT2D eigenvalue weighted by Gasteiger charge is 2.11. The minimum Gasteiger partial charge on any atom is -0.303 e. The summed E-state index contributed by atoms with van der Waals surface area (Å²) in [5.41, 5.74) is 2.26. The lowest BCUT2D eigenvalue weighted by Gasteiger charge is -2.10. The van der Waals surface area contributed by atoms with Crippen molar-refractivity contribution in [2.45, 2.75) is 13.8 Å². The van der Waals surface area contributed by atoms with Crippen molar-refractivity contribution >= 4 is 11.7 Å². The van der Waals surface area contributed by atoms with Crippen LogP contribution in [0.3, 0.4) is 0 Å². The molecule has 0 saturated heterocycles. The summed E-state index contributed by atoms with van der Waals surface area (Å²) in [5.74, 6) is -1.52. The minimum atomic E-state index is -0.829. The number of hydrogen-bond acceptors (Lipinski definition) is 2. The Morgan fingerprint density at radius 3 is 2.69 bits per heavy atom. The molecule has 1 aromatic carbocycles. The first-order valence-electron chi connectivity index (χ1n) is 4.69. The van der Waals surface area contributed by atoms with E-state index < -0.39 is 17.7 Å². The molecule has 0 aliphatic heterocycles. The Bertz CT molecular complexity index is 373. The van der Waals surface area contributed by atoms with Gasteiger partial charge in [0.2, 0.25) is 0 Å². The van der Waals surface area contributed by atoms with Crippen molar-refractivity contribution in [2.75, 3.05) is 11.9 Å². The summed E-state index contributed by atoms with van der Waals surface area (Å²) in [4.78, 5) is 15.8. The minimum absolute atomic E-state index is 0.0707. The van der Waals surface area contributed by atoms with Gasteiger partial charge in [-0.3, -0.25) is 4.84 Å². The summed E-state index contributed by atoms with van der Waals surface area (Å²) in [6.07, 6.45) is 0. The van der Waals surface area contributed by atoms with Crippen molar-refractivity contribution in [3.05, 3.63) is 29.3 Å². The molecule has 0 aliphatic carbocycles. The van der Waals surface area contributed by atoms with E-state index in [1.165, 1.54) is 6.92 Å². The molecule has 0 spiro atoms. The van der Waals surface area contributed by atoms with Crippen molar-refractivity contribution in [1.82, 2.24) is 5.48 Å². The molecule has 0 saturated carbocycles. The quantitative estimate of drug-likeness (QED) is 0.783. The van der Waals surface area contributed by atoms with Crippen LogP contribution in [0.2, 0.25) is 0 Å². The standard InChI is InChI=1S/C10H12F2N2O2/c1-3-16-14-10(15)13-9-6(2)4-7(11)5-8(9)12/h4-5H,3H2,1-2H3,(H2,13,14,15). The van der Waals surface area contributed by atoms with Crippen LogP contribution in [0.4, 0.5) is 19.3 Å². The molecule has 0 aliphatic rings. The number of nitrogens with one attached hydrogen (secondary N) is 2. The van der Waals surface area contributed by atoms with Gasteiger partial charge in [0.1, 0.15) is 11.6 Å². The van der Waals surface area contributed by atoms with Gasteiger partial charge in [-0.15, -0.1) is 0 Å². The predicted octanol–water partition coefficient (Wildman–Crippen LogP) is 2.35. The van der Waals surface area contributed by atoms with Gasteiger partial charge in [-0.25, -0.2) is 19.1 Å². The third-order valence-electron chi connectivity index (χ3n) is 1.80. The molecule has 0 aromatic heterocycles. The van der Waals surface area contributed by atoms with Crippen molar-refractivity contribution in [2.24, 2.45) is 0 Å². The second-order valence-electron chi connectivity index (χ2n) is 3.07. The molecule has 2 N–H and O–H groups in total. The summed E-state index contributed by atoms with van der Waals surface area (Å²) < 4.78 is 26.0. The Morgan fingerprint density at radius 1 is 1.44 bits per heavy atom. The van der Waals surface area contributed by atoms with Gasteiger partial charge >= 0.3 is 6.03 Å². The van der Waals surface area contributed by atoms with E-state index in [2.05, 4.69) is 10.2 Å². The van der Waals surface area contributed by atoms with Crippen LogP contribution in [0, 0.1) is 18.6 Å². The number of carbonyl (C=O) groups excluding carboxylic acids is 1. The van der Waals surface area contributed by atoms with E-state index in [-0.39, 0.29) is 12.3 Å². The fourth-order valence-corrected chi connectivity index (χ4v) is 1.14. The topological polar surface area (TPSA) is 50.4 Å². The first-order chi connectivity index (χ1) is 7.54. The number of hydrogen-bond donors (Lipinski definition) is 2. The third-order valence-corrected chi connectivity index (χ3v) is 1.80. The number of benzene rings is 1. The third kappa shape index (κ3) is 3.16. The second-order valence-corrected chi connectivity index (χ2v) is 3.07. The zero-order valence-corrected chi connectivity index (χ0v) is 8.93. The van der Waals surface area contributed by atoms with E-state index in [4.69, 9.17) is 0 Å². The molecule has 0 heterocycles. The fraction of sp³-hybridized carbons (Fsp3) is 0.300. The molecule has 2 amide bonds. The molecule has 0 atom stereocenters. The van der Waals surface area contributed by atoms with Gasteiger partial charge in [-0.05, 0) is 25.5 Å². The summed E-state index contributed by atoms with van der Waals surface area (Å²) in [6, 6.07) is 1.11. The summed E-state index contributed by atoms with van der Waals surface area (Å²) in [7, 11) is 0. The Kier molecular flexibility index (Phi) is 4.19. The van der Waals surface area contributed by atoms with Gasteiger partial charge in [0, 0.05) is 6.07 Å². The molecule has 0 radical (unpaired) electrons. The zero-order chi connectivity index (χ0) is 12.1. The molecular weight excluding hydrogens is 218 g/mol. The number of amides is 2. The Hall–Kier alpha value is -1.69. The number of urea groups is 1. The van der Waals surface area contributed by atoms with Gasteiger partial charge in [0.15, 0.2) is 0 Å². The van der Waals surface area contributed by atoms with Crippen LogP contribution in [0.25, 0.3) is 0 Å². The maximum absolute atomic E-state index is 13.3. The number of anilines is 1. The summed E-state index contributed by atoms with van der Waals surface area (Å²) in [6.45, 7) is 3.46. The number of halogens is 2. The molecule has 4 nitrogen and oxygen atoms in total. The molecule has 88 valence electrons. The Morgan fingerprint density at radius 2 is 2.12 bits per heavy atom. The highest BCUT2D eigenvalue weighted by molar-refractivity contribution is 5.89. The van der Waals surface area contributed by atoms with Crippen LogP contribution in [0.15, 0.2) is 12.1 Å². The molecule has 1 rings (SSSR count). The SMILES string of the molecule is CCONC(=O)Nc1c(C)cc(F)cc1F. The fourth-order valence-electron chi connectivity index (χ4n) is 1.14. The van der Waals surface area contributed by atoms with Crippen LogP contribution in [-0.4, -0.2) is 12.6 Å². The maximum atomic E-state index is 13.3. The van der Waals surface area contributed by atoms with Crippen LogP contribution >= 0.6 is 0 Å². The van der Waals surface area contributed by atoms with E-state index in [9.17, 15) is 13.6 Å². The van der Waals surface area contributed by atoms with Crippen LogP contribution in [0.1, 0.15) is 12.5 Å². The highest BCUT2D eigenvalue weighted by Crippen LogP contribution is 2.20. The van der Waals surface area contributed by atoms with Gasteiger partial charge in [-0.2, -0.15) is 0 Å². The lowest BCUT2D eigenvalue weighted by molar-refractivity contribution is 0.0758. The molecular formula is C10H12F2N2O2. The number of carbonyl (C=O) groups is 1. The van der Waals surface area contributed by atoms with Crippen LogP contribution < -0.4 is 10.8 Å². The maximum Gasteiger partial charge on any atom is 0.343 e. The monoisotopic (exact) mass is 230 g/mol. The van der Waals surface area contributed by atoms with Crippen molar-refractivity contribution < 1.29 is 18.4 Å². The summed E-state index contributed by atoms with van der Waals surface area (Å²) in [5, 5.41) is 2.22. The lowest BCUT2D eigenvalue weighted by Crippen LogP contribution is -2.29. The average molecular weight is 230 g/mol. The van der Waals surface area contributed by atoms with E-state index in [0.717, 1.165) is 6.07 Å². The normalized spacial score (nSPS) is 10.0. The smallest absolute Gasteiger partial charge is 0.303 e. The van der Waals surface area contributed by atoms with Gasteiger partial charge < -0.3 is 5.32 Å². The first kappa shape index (κ1) is 12.4. The van der Waals surface area contributed by atoms with E-state index in [0.29, 0.717) is 11.6 Å². The van der Waals surface area contributed by atoms with E-state index >= 15 is 0 Å². The number of hydroxylamine groups is 1. The number of aryl methyl sites for hydroxylation is 1. The van der Waals surface area contributed by atoms with Crippen molar-refractivity contribution in [1.29, 1.82) is 0 Å². The average Bonchev–Trinajstić information content (AvgIpc) is 2.20. The molecule has 6 heteroatoms. The van der Waals surface area contributed by atoms with Gasteiger partial charge in [-0.1, -0.05) is 0 Å². The first-order valence-corrected chi connectivity index (χ1v) is 4.69. The van der Waals surface area contributed by atoms with Crippen LogP contribution in [-0.2, 0) is 4.84 Å². The Balaban J connectivity index is 2.77. The summed E-state index contributed by atoms with van der Waals surface area (Å²) >= 11 is 0. The van der Waals surface area contributed by atoms with Crippen LogP contribution in [0.5, 0.6) is 0 Å². The van der Waals surface area contributed by atoms with Crippen molar-refractivity contribution in [3.63, 3.8) is 0 Å². The largest absolute Gasteiger partial charge is 0.343 e. The zero-order valence-electron chi connectivity index (χ0n) is 8.93. The molecule has 0 fully saturated rings.